The molecule has 1 heterocycles. The first-order valence-electron chi connectivity index (χ1n) is 8.29. The van der Waals surface area contributed by atoms with Crippen LogP contribution in [0.3, 0.4) is 0 Å². The Morgan fingerprint density at radius 3 is 2.62 bits per heavy atom. The molecule has 0 saturated carbocycles. The van der Waals surface area contributed by atoms with E-state index in [-0.39, 0.29) is 29.9 Å². The van der Waals surface area contributed by atoms with Crippen LogP contribution in [-0.2, 0) is 16.1 Å². The molecule has 2 N–H and O–H groups in total. The van der Waals surface area contributed by atoms with Gasteiger partial charge in [-0.15, -0.1) is 35.3 Å². The molecule has 0 amide bonds. The summed E-state index contributed by atoms with van der Waals surface area (Å²) in [5.74, 6) is 0.753. The number of guanidine groups is 1. The smallest absolute Gasteiger partial charge is 0.305 e. The molecule has 5 nitrogen and oxygen atoms in total. The summed E-state index contributed by atoms with van der Waals surface area (Å²) in [6, 6.07) is 2.13. The molecule has 138 valence electrons. The van der Waals surface area contributed by atoms with Crippen LogP contribution in [0.4, 0.5) is 0 Å². The summed E-state index contributed by atoms with van der Waals surface area (Å²) in [5, 5.41) is 8.74. The van der Waals surface area contributed by atoms with E-state index in [4.69, 9.17) is 0 Å². The van der Waals surface area contributed by atoms with E-state index in [9.17, 15) is 4.79 Å². The molecule has 0 atom stereocenters. The van der Waals surface area contributed by atoms with Crippen molar-refractivity contribution in [3.63, 3.8) is 0 Å². The monoisotopic (exact) mass is 467 g/mol. The van der Waals surface area contributed by atoms with E-state index in [1.165, 1.54) is 17.6 Å². The third-order valence-electron chi connectivity index (χ3n) is 3.52. The number of carbonyl (C=O) groups is 1. The highest BCUT2D eigenvalue weighted by Gasteiger charge is 2.02. The zero-order valence-electron chi connectivity index (χ0n) is 14.9. The lowest BCUT2D eigenvalue weighted by Crippen LogP contribution is -2.37. The SMILES string of the molecule is CCNC(=NCc1sccc1C)NCCCCCCC(=O)OC.I. The van der Waals surface area contributed by atoms with Gasteiger partial charge in [-0.1, -0.05) is 12.8 Å². The number of ether oxygens (including phenoxy) is 1. The molecule has 0 spiro atoms. The summed E-state index contributed by atoms with van der Waals surface area (Å²) in [4.78, 5) is 16.9. The molecule has 0 aromatic carbocycles. The first kappa shape index (κ1) is 23.2. The van der Waals surface area contributed by atoms with Gasteiger partial charge in [0.05, 0.1) is 13.7 Å². The van der Waals surface area contributed by atoms with Crippen LogP contribution in [0.15, 0.2) is 16.4 Å². The summed E-state index contributed by atoms with van der Waals surface area (Å²) in [6.07, 6.45) is 4.66. The van der Waals surface area contributed by atoms with E-state index in [1.54, 1.807) is 11.3 Å². The zero-order valence-corrected chi connectivity index (χ0v) is 18.0. The summed E-state index contributed by atoms with van der Waals surface area (Å²) in [7, 11) is 1.44. The van der Waals surface area contributed by atoms with Crippen molar-refractivity contribution in [1.29, 1.82) is 0 Å². The molecule has 0 radical (unpaired) electrons. The number of thiophene rings is 1. The lowest BCUT2D eigenvalue weighted by molar-refractivity contribution is -0.140. The van der Waals surface area contributed by atoms with Crippen molar-refractivity contribution in [2.24, 2.45) is 4.99 Å². The van der Waals surface area contributed by atoms with Gasteiger partial charge in [0.25, 0.3) is 0 Å². The number of rotatable bonds is 10. The Morgan fingerprint density at radius 1 is 1.25 bits per heavy atom. The highest BCUT2D eigenvalue weighted by atomic mass is 127. The number of hydrogen-bond acceptors (Lipinski definition) is 4. The van der Waals surface area contributed by atoms with E-state index in [2.05, 4.69) is 45.7 Å². The first-order valence-corrected chi connectivity index (χ1v) is 9.17. The van der Waals surface area contributed by atoms with Gasteiger partial charge in [0.2, 0.25) is 0 Å². The van der Waals surface area contributed by atoms with E-state index < -0.39 is 0 Å². The normalized spacial score (nSPS) is 10.9. The minimum atomic E-state index is -0.117. The molecular formula is C17H30IN3O2S. The number of unbranched alkanes of at least 4 members (excludes halogenated alkanes) is 3. The molecule has 1 rings (SSSR count). The van der Waals surface area contributed by atoms with Crippen LogP contribution in [0.2, 0.25) is 0 Å². The molecule has 0 fully saturated rings. The van der Waals surface area contributed by atoms with Crippen LogP contribution in [-0.4, -0.2) is 32.1 Å². The number of aliphatic imine (C=N–C) groups is 1. The topological polar surface area (TPSA) is 62.7 Å². The Balaban J connectivity index is 0.00000529. The number of esters is 1. The fourth-order valence-corrected chi connectivity index (χ4v) is 2.94. The van der Waals surface area contributed by atoms with Gasteiger partial charge in [-0.05, 0) is 43.7 Å². The maximum atomic E-state index is 11.0. The van der Waals surface area contributed by atoms with E-state index in [0.29, 0.717) is 6.42 Å². The number of nitrogens with zero attached hydrogens (tertiary/aromatic N) is 1. The number of carbonyl (C=O) groups excluding carboxylic acids is 1. The maximum Gasteiger partial charge on any atom is 0.305 e. The van der Waals surface area contributed by atoms with E-state index >= 15 is 0 Å². The van der Waals surface area contributed by atoms with Crippen LogP contribution in [0.5, 0.6) is 0 Å². The average molecular weight is 467 g/mol. The highest BCUT2D eigenvalue weighted by molar-refractivity contribution is 14.0. The summed E-state index contributed by atoms with van der Waals surface area (Å²) in [6.45, 7) is 6.66. The summed E-state index contributed by atoms with van der Waals surface area (Å²) >= 11 is 1.75. The van der Waals surface area contributed by atoms with Gasteiger partial charge in [-0.3, -0.25) is 4.79 Å². The van der Waals surface area contributed by atoms with Gasteiger partial charge in [-0.2, -0.15) is 0 Å². The molecule has 0 aliphatic heterocycles. The maximum absolute atomic E-state index is 11.0. The molecule has 1 aromatic heterocycles. The Labute approximate surface area is 166 Å². The number of hydrogen-bond donors (Lipinski definition) is 2. The second kappa shape index (κ2) is 14.5. The molecule has 1 aromatic rings. The first-order chi connectivity index (χ1) is 11.2. The number of nitrogens with one attached hydrogen (secondary N) is 2. The number of methoxy groups -OCH3 is 1. The lowest BCUT2D eigenvalue weighted by Gasteiger charge is -2.11. The predicted octanol–water partition coefficient (Wildman–Crippen LogP) is 3.85. The van der Waals surface area contributed by atoms with Gasteiger partial charge in [0.15, 0.2) is 5.96 Å². The Morgan fingerprint density at radius 2 is 2.00 bits per heavy atom. The molecule has 0 bridgehead atoms. The van der Waals surface area contributed by atoms with Gasteiger partial charge in [0.1, 0.15) is 0 Å². The second-order valence-corrected chi connectivity index (χ2v) is 6.39. The van der Waals surface area contributed by atoms with Crippen molar-refractivity contribution < 1.29 is 9.53 Å². The summed E-state index contributed by atoms with van der Waals surface area (Å²) < 4.78 is 4.63. The quantitative estimate of drug-likeness (QED) is 0.180. The summed E-state index contributed by atoms with van der Waals surface area (Å²) in [5.41, 5.74) is 1.31. The number of aryl methyl sites for hydroxylation is 1. The van der Waals surface area contributed by atoms with Crippen LogP contribution < -0.4 is 10.6 Å². The Hall–Kier alpha value is -0.830. The van der Waals surface area contributed by atoms with Gasteiger partial charge >= 0.3 is 5.97 Å². The molecule has 0 saturated heterocycles. The van der Waals surface area contributed by atoms with E-state index in [1.807, 2.05) is 0 Å². The van der Waals surface area contributed by atoms with Crippen LogP contribution >= 0.6 is 35.3 Å². The zero-order chi connectivity index (χ0) is 16.9. The van der Waals surface area contributed by atoms with Crippen LogP contribution in [0.25, 0.3) is 0 Å². The van der Waals surface area contributed by atoms with Crippen molar-refractivity contribution in [2.45, 2.75) is 52.5 Å². The molecule has 24 heavy (non-hydrogen) atoms. The van der Waals surface area contributed by atoms with Crippen LogP contribution in [0.1, 0.15) is 49.5 Å². The standard InChI is InChI=1S/C17H29N3O2S.HI/c1-4-18-17(20-13-15-14(2)10-12-23-15)19-11-8-6-5-7-9-16(21)22-3;/h10,12H,4-9,11,13H2,1-3H3,(H2,18,19,20);1H. The highest BCUT2D eigenvalue weighted by Crippen LogP contribution is 2.16. The van der Waals surface area contributed by atoms with Crippen molar-refractivity contribution in [3.05, 3.63) is 21.9 Å². The molecule has 0 unspecified atom stereocenters. The molecule has 7 heteroatoms. The van der Waals surface area contributed by atoms with Crippen molar-refractivity contribution in [2.75, 3.05) is 20.2 Å². The fraction of sp³-hybridized carbons (Fsp3) is 0.647. The largest absolute Gasteiger partial charge is 0.469 e. The van der Waals surface area contributed by atoms with Gasteiger partial charge in [-0.25, -0.2) is 4.99 Å². The third kappa shape index (κ3) is 10.1. The minimum Gasteiger partial charge on any atom is -0.469 e. The van der Waals surface area contributed by atoms with Crippen molar-refractivity contribution >= 4 is 47.2 Å². The molecular weight excluding hydrogens is 437 g/mol. The molecule has 0 aliphatic carbocycles. The average Bonchev–Trinajstić information content (AvgIpc) is 2.96. The minimum absolute atomic E-state index is 0. The Kier molecular flexibility index (Phi) is 14.0. The van der Waals surface area contributed by atoms with Crippen molar-refractivity contribution in [1.82, 2.24) is 10.6 Å². The lowest BCUT2D eigenvalue weighted by atomic mass is 10.1. The second-order valence-electron chi connectivity index (χ2n) is 5.39. The fourth-order valence-electron chi connectivity index (χ4n) is 2.12. The predicted molar refractivity (Wildman–Crippen MR) is 112 cm³/mol. The van der Waals surface area contributed by atoms with Gasteiger partial charge < -0.3 is 15.4 Å². The van der Waals surface area contributed by atoms with E-state index in [0.717, 1.165) is 51.3 Å². The Bertz CT molecular complexity index is 492. The third-order valence-corrected chi connectivity index (χ3v) is 4.53. The van der Waals surface area contributed by atoms with Crippen LogP contribution in [0, 0.1) is 6.92 Å². The van der Waals surface area contributed by atoms with Gasteiger partial charge in [0, 0.05) is 24.4 Å². The molecule has 0 aliphatic rings. The van der Waals surface area contributed by atoms with Crippen molar-refractivity contribution in [3.8, 4) is 0 Å². The number of halogens is 1.